The van der Waals surface area contributed by atoms with Gasteiger partial charge in [-0.15, -0.1) is 0 Å². The second kappa shape index (κ2) is 7.45. The summed E-state index contributed by atoms with van der Waals surface area (Å²) in [7, 11) is 1.72. The van der Waals surface area contributed by atoms with Gasteiger partial charge in [0, 0.05) is 40.9 Å². The second-order valence-electron chi connectivity index (χ2n) is 6.99. The molecule has 27 heavy (non-hydrogen) atoms. The van der Waals surface area contributed by atoms with Crippen LogP contribution in [0.5, 0.6) is 5.75 Å². The smallest absolute Gasteiger partial charge is 0.119 e. The first-order valence-corrected chi connectivity index (χ1v) is 9.58. The number of benzene rings is 3. The molecular formula is C24H26N2O. The summed E-state index contributed by atoms with van der Waals surface area (Å²) in [6.07, 6.45) is 0. The van der Waals surface area contributed by atoms with Crippen LogP contribution >= 0.6 is 0 Å². The van der Waals surface area contributed by atoms with E-state index in [0.717, 1.165) is 18.8 Å². The van der Waals surface area contributed by atoms with Gasteiger partial charge in [0.2, 0.25) is 0 Å². The molecule has 1 atom stereocenters. The van der Waals surface area contributed by atoms with E-state index in [0.29, 0.717) is 6.04 Å². The van der Waals surface area contributed by atoms with Crippen molar-refractivity contribution in [1.82, 2.24) is 9.88 Å². The Morgan fingerprint density at radius 3 is 2.33 bits per heavy atom. The van der Waals surface area contributed by atoms with E-state index in [4.69, 9.17) is 4.74 Å². The summed E-state index contributed by atoms with van der Waals surface area (Å²) < 4.78 is 7.82. The number of methoxy groups -OCH3 is 1. The molecule has 1 heterocycles. The fraction of sp³-hybridized carbons (Fsp3) is 0.250. The van der Waals surface area contributed by atoms with E-state index in [1.54, 1.807) is 7.11 Å². The monoisotopic (exact) mass is 358 g/mol. The second-order valence-corrected chi connectivity index (χ2v) is 6.99. The average Bonchev–Trinajstić information content (AvgIpc) is 3.04. The van der Waals surface area contributed by atoms with Gasteiger partial charge in [0.15, 0.2) is 0 Å². The van der Waals surface area contributed by atoms with E-state index in [2.05, 4.69) is 84.4 Å². The van der Waals surface area contributed by atoms with E-state index in [1.165, 1.54) is 32.9 Å². The van der Waals surface area contributed by atoms with Gasteiger partial charge in [0.25, 0.3) is 0 Å². The molecule has 0 aliphatic carbocycles. The zero-order valence-electron chi connectivity index (χ0n) is 16.2. The summed E-state index contributed by atoms with van der Waals surface area (Å²) in [5, 5.41) is 6.18. The molecule has 3 aromatic carbocycles. The third-order valence-corrected chi connectivity index (χ3v) is 5.36. The first kappa shape index (κ1) is 17.6. The molecule has 3 heteroatoms. The molecule has 0 radical (unpaired) electrons. The summed E-state index contributed by atoms with van der Waals surface area (Å²) in [5.41, 5.74) is 5.14. The maximum absolute atomic E-state index is 5.45. The highest BCUT2D eigenvalue weighted by Gasteiger charge is 2.12. The van der Waals surface area contributed by atoms with Crippen LogP contribution in [-0.2, 0) is 13.1 Å². The van der Waals surface area contributed by atoms with Gasteiger partial charge in [-0.25, -0.2) is 0 Å². The highest BCUT2D eigenvalue weighted by Crippen LogP contribution is 2.32. The van der Waals surface area contributed by atoms with Crippen molar-refractivity contribution in [2.45, 2.75) is 33.0 Å². The molecule has 0 unspecified atom stereocenters. The van der Waals surface area contributed by atoms with Crippen LogP contribution in [0.1, 0.15) is 31.0 Å². The van der Waals surface area contributed by atoms with E-state index in [9.17, 15) is 0 Å². The van der Waals surface area contributed by atoms with Gasteiger partial charge in [-0.1, -0.05) is 36.4 Å². The van der Waals surface area contributed by atoms with Gasteiger partial charge >= 0.3 is 0 Å². The Morgan fingerprint density at radius 1 is 0.926 bits per heavy atom. The Bertz CT molecular complexity index is 1070. The van der Waals surface area contributed by atoms with Crippen LogP contribution in [0.3, 0.4) is 0 Å². The lowest BCUT2D eigenvalue weighted by atomic mass is 10.1. The zero-order valence-corrected chi connectivity index (χ0v) is 16.2. The van der Waals surface area contributed by atoms with Crippen LogP contribution in [0.2, 0.25) is 0 Å². The summed E-state index contributed by atoms with van der Waals surface area (Å²) in [6, 6.07) is 24.0. The molecule has 0 aliphatic heterocycles. The fourth-order valence-corrected chi connectivity index (χ4v) is 3.84. The zero-order chi connectivity index (χ0) is 18.8. The predicted octanol–water partition coefficient (Wildman–Crippen LogP) is 5.67. The van der Waals surface area contributed by atoms with E-state index < -0.39 is 0 Å². The minimum absolute atomic E-state index is 0.318. The van der Waals surface area contributed by atoms with Crippen LogP contribution in [0.15, 0.2) is 66.7 Å². The molecule has 4 aromatic rings. The van der Waals surface area contributed by atoms with Gasteiger partial charge < -0.3 is 14.6 Å². The number of rotatable bonds is 6. The van der Waals surface area contributed by atoms with Crippen LogP contribution in [0.4, 0.5) is 0 Å². The fourth-order valence-electron chi connectivity index (χ4n) is 3.84. The molecule has 0 bridgehead atoms. The van der Waals surface area contributed by atoms with Crippen LogP contribution < -0.4 is 10.1 Å². The standard InChI is InChI=1S/C24H26N2O/c1-4-26-23-12-10-18(16-25-17(2)19-8-6-5-7-9-19)14-21(23)22-15-20(27-3)11-13-24(22)26/h5-15,17,25H,4,16H2,1-3H3/t17-/m1/s1. The Hall–Kier alpha value is -2.78. The summed E-state index contributed by atoms with van der Waals surface area (Å²) >= 11 is 0. The Kier molecular flexibility index (Phi) is 4.87. The van der Waals surface area contributed by atoms with Crippen molar-refractivity contribution in [2.75, 3.05) is 7.11 Å². The molecule has 138 valence electrons. The number of aromatic nitrogens is 1. The first-order chi connectivity index (χ1) is 13.2. The molecule has 0 saturated carbocycles. The van der Waals surface area contributed by atoms with Crippen LogP contribution in [0.25, 0.3) is 21.8 Å². The number of fused-ring (bicyclic) bond motifs is 3. The lowest BCUT2D eigenvalue weighted by Gasteiger charge is -2.14. The van der Waals surface area contributed by atoms with Crippen molar-refractivity contribution in [2.24, 2.45) is 0 Å². The number of aryl methyl sites for hydroxylation is 1. The molecule has 3 nitrogen and oxygen atoms in total. The van der Waals surface area contributed by atoms with E-state index in [1.807, 2.05) is 6.07 Å². The van der Waals surface area contributed by atoms with Gasteiger partial charge in [-0.2, -0.15) is 0 Å². The molecule has 4 rings (SSSR count). The van der Waals surface area contributed by atoms with Crippen LogP contribution in [0, 0.1) is 0 Å². The molecule has 1 aromatic heterocycles. The summed E-state index contributed by atoms with van der Waals surface area (Å²) in [6.45, 7) is 6.20. The van der Waals surface area contributed by atoms with Gasteiger partial charge in [0.05, 0.1) is 7.11 Å². The minimum Gasteiger partial charge on any atom is -0.497 e. The molecule has 0 saturated heterocycles. The quantitative estimate of drug-likeness (QED) is 0.480. The normalized spacial score (nSPS) is 12.6. The topological polar surface area (TPSA) is 26.2 Å². The predicted molar refractivity (Wildman–Crippen MR) is 113 cm³/mol. The average molecular weight is 358 g/mol. The highest BCUT2D eigenvalue weighted by atomic mass is 16.5. The largest absolute Gasteiger partial charge is 0.497 e. The minimum atomic E-state index is 0.318. The number of hydrogen-bond donors (Lipinski definition) is 1. The van der Waals surface area contributed by atoms with Crippen molar-refractivity contribution in [3.8, 4) is 5.75 Å². The van der Waals surface area contributed by atoms with Crippen molar-refractivity contribution in [3.05, 3.63) is 77.9 Å². The molecular weight excluding hydrogens is 332 g/mol. The first-order valence-electron chi connectivity index (χ1n) is 9.58. The Balaban J connectivity index is 1.68. The highest BCUT2D eigenvalue weighted by molar-refractivity contribution is 6.08. The Labute approximate surface area is 160 Å². The molecule has 1 N–H and O–H groups in total. The lowest BCUT2D eigenvalue weighted by molar-refractivity contribution is 0.415. The van der Waals surface area contributed by atoms with Crippen molar-refractivity contribution < 1.29 is 4.74 Å². The number of ether oxygens (including phenoxy) is 1. The maximum atomic E-state index is 5.45. The van der Waals surface area contributed by atoms with Gasteiger partial charge in [0.1, 0.15) is 5.75 Å². The molecule has 0 fully saturated rings. The van der Waals surface area contributed by atoms with Crippen molar-refractivity contribution in [3.63, 3.8) is 0 Å². The number of hydrogen-bond acceptors (Lipinski definition) is 2. The lowest BCUT2D eigenvalue weighted by Crippen LogP contribution is -2.17. The molecule has 0 aliphatic rings. The SMILES string of the molecule is CCn1c2ccc(CN[C@H](C)c3ccccc3)cc2c2cc(OC)ccc21. The third-order valence-electron chi connectivity index (χ3n) is 5.36. The molecule has 0 amide bonds. The van der Waals surface area contributed by atoms with Gasteiger partial charge in [-0.3, -0.25) is 0 Å². The maximum Gasteiger partial charge on any atom is 0.119 e. The van der Waals surface area contributed by atoms with E-state index in [-0.39, 0.29) is 0 Å². The third kappa shape index (κ3) is 3.31. The van der Waals surface area contributed by atoms with Gasteiger partial charge in [-0.05, 0) is 55.3 Å². The van der Waals surface area contributed by atoms with E-state index >= 15 is 0 Å². The van der Waals surface area contributed by atoms with Crippen LogP contribution in [-0.4, -0.2) is 11.7 Å². The summed E-state index contributed by atoms with van der Waals surface area (Å²) in [5.74, 6) is 0.902. The Morgan fingerprint density at radius 2 is 1.63 bits per heavy atom. The van der Waals surface area contributed by atoms with Crippen molar-refractivity contribution in [1.29, 1.82) is 0 Å². The summed E-state index contributed by atoms with van der Waals surface area (Å²) in [4.78, 5) is 0. The van der Waals surface area contributed by atoms with Crippen molar-refractivity contribution >= 4 is 21.8 Å². The molecule has 0 spiro atoms. The number of nitrogens with one attached hydrogen (secondary N) is 1. The number of nitrogens with zero attached hydrogens (tertiary/aromatic N) is 1.